The maximum absolute atomic E-state index is 13.3. The van der Waals surface area contributed by atoms with Crippen LogP contribution in [-0.2, 0) is 0 Å². The molecular formula is C8H7F2N5. The first kappa shape index (κ1) is 9.66. The number of halogens is 2. The second-order valence-corrected chi connectivity index (χ2v) is 2.91. The number of nitrogens with zero attached hydrogens (tertiary/aromatic N) is 3. The van der Waals surface area contributed by atoms with Crippen LogP contribution < -0.4 is 5.73 Å². The van der Waals surface area contributed by atoms with Gasteiger partial charge < -0.3 is 5.73 Å². The van der Waals surface area contributed by atoms with Crippen LogP contribution >= 0.6 is 0 Å². The standard InChI is InChI=1S/C8H7F2N5/c9-4-1-2-6(10)5(3-4)7(11)8-12-14-15-13-8/h1-3,7H,11H2,(H,12,13,14,15)/t7-/m1/s1. The predicted molar refractivity (Wildman–Crippen MR) is 46.6 cm³/mol. The summed E-state index contributed by atoms with van der Waals surface area (Å²) in [6.45, 7) is 0. The first-order chi connectivity index (χ1) is 7.18. The number of hydrogen-bond acceptors (Lipinski definition) is 4. The largest absolute Gasteiger partial charge is 0.317 e. The average Bonchev–Trinajstić information content (AvgIpc) is 2.74. The van der Waals surface area contributed by atoms with Gasteiger partial charge in [0, 0.05) is 5.56 Å². The summed E-state index contributed by atoms with van der Waals surface area (Å²) >= 11 is 0. The van der Waals surface area contributed by atoms with Crippen molar-refractivity contribution >= 4 is 0 Å². The zero-order valence-corrected chi connectivity index (χ0v) is 7.48. The molecule has 2 aromatic rings. The molecule has 0 unspecified atom stereocenters. The van der Waals surface area contributed by atoms with Crippen molar-refractivity contribution in [3.63, 3.8) is 0 Å². The van der Waals surface area contributed by atoms with Crippen LogP contribution in [0.3, 0.4) is 0 Å². The van der Waals surface area contributed by atoms with E-state index in [-0.39, 0.29) is 11.4 Å². The minimum Gasteiger partial charge on any atom is -0.317 e. The molecule has 1 heterocycles. The predicted octanol–water partition coefficient (Wildman–Crippen LogP) is 0.526. The summed E-state index contributed by atoms with van der Waals surface area (Å²) < 4.78 is 26.1. The first-order valence-corrected chi connectivity index (χ1v) is 4.12. The van der Waals surface area contributed by atoms with Crippen LogP contribution in [0.25, 0.3) is 0 Å². The molecule has 0 spiro atoms. The van der Waals surface area contributed by atoms with Crippen molar-refractivity contribution in [2.24, 2.45) is 5.73 Å². The molecule has 2 rings (SSSR count). The van der Waals surface area contributed by atoms with Crippen molar-refractivity contribution < 1.29 is 8.78 Å². The maximum atomic E-state index is 13.3. The third-order valence-electron chi connectivity index (χ3n) is 1.93. The molecule has 0 radical (unpaired) electrons. The lowest BCUT2D eigenvalue weighted by atomic mass is 10.1. The van der Waals surface area contributed by atoms with E-state index in [0.29, 0.717) is 0 Å². The summed E-state index contributed by atoms with van der Waals surface area (Å²) in [4.78, 5) is 0. The Hall–Kier alpha value is -1.89. The number of nitrogens with one attached hydrogen (secondary N) is 1. The van der Waals surface area contributed by atoms with Gasteiger partial charge in [0.2, 0.25) is 0 Å². The van der Waals surface area contributed by atoms with E-state index in [1.807, 2.05) is 0 Å². The molecule has 15 heavy (non-hydrogen) atoms. The lowest BCUT2D eigenvalue weighted by molar-refractivity contribution is 0.572. The summed E-state index contributed by atoms with van der Waals surface area (Å²) in [5, 5.41) is 12.7. The number of aromatic nitrogens is 4. The van der Waals surface area contributed by atoms with Crippen LogP contribution in [0, 0.1) is 11.6 Å². The fraction of sp³-hybridized carbons (Fsp3) is 0.125. The number of rotatable bonds is 2. The van der Waals surface area contributed by atoms with Crippen LogP contribution in [0.5, 0.6) is 0 Å². The topological polar surface area (TPSA) is 80.5 Å². The third kappa shape index (κ3) is 1.82. The lowest BCUT2D eigenvalue weighted by Crippen LogP contribution is -2.15. The summed E-state index contributed by atoms with van der Waals surface area (Å²) in [5.74, 6) is -1.06. The van der Waals surface area contributed by atoms with E-state index in [0.717, 1.165) is 18.2 Å². The van der Waals surface area contributed by atoms with E-state index in [1.165, 1.54) is 0 Å². The van der Waals surface area contributed by atoms with Crippen molar-refractivity contribution in [2.75, 3.05) is 0 Å². The quantitative estimate of drug-likeness (QED) is 0.759. The molecule has 0 aliphatic rings. The summed E-state index contributed by atoms with van der Waals surface area (Å²) in [6, 6.07) is 2.10. The van der Waals surface area contributed by atoms with Crippen LogP contribution in [0.15, 0.2) is 18.2 Å². The Kier molecular flexibility index (Phi) is 2.38. The molecule has 0 fully saturated rings. The van der Waals surface area contributed by atoms with Gasteiger partial charge in [-0.1, -0.05) is 5.21 Å². The Balaban J connectivity index is 2.41. The Morgan fingerprint density at radius 2 is 2.13 bits per heavy atom. The highest BCUT2D eigenvalue weighted by molar-refractivity contribution is 5.26. The highest BCUT2D eigenvalue weighted by atomic mass is 19.1. The van der Waals surface area contributed by atoms with Crippen LogP contribution in [0.4, 0.5) is 8.78 Å². The van der Waals surface area contributed by atoms with Crippen molar-refractivity contribution in [3.05, 3.63) is 41.2 Å². The molecule has 1 aromatic carbocycles. The van der Waals surface area contributed by atoms with Crippen LogP contribution in [0.1, 0.15) is 17.4 Å². The van der Waals surface area contributed by atoms with Gasteiger partial charge in [-0.2, -0.15) is 5.21 Å². The van der Waals surface area contributed by atoms with Gasteiger partial charge in [0.1, 0.15) is 11.6 Å². The van der Waals surface area contributed by atoms with Gasteiger partial charge in [-0.05, 0) is 18.2 Å². The zero-order chi connectivity index (χ0) is 10.8. The highest BCUT2D eigenvalue weighted by Gasteiger charge is 2.17. The SMILES string of the molecule is N[C@@H](c1nn[nH]n1)c1cc(F)ccc1F. The molecule has 1 atom stereocenters. The fourth-order valence-corrected chi connectivity index (χ4v) is 1.19. The van der Waals surface area contributed by atoms with Crippen LogP contribution in [0.2, 0.25) is 0 Å². The van der Waals surface area contributed by atoms with Crippen molar-refractivity contribution in [2.45, 2.75) is 6.04 Å². The second kappa shape index (κ2) is 3.70. The Morgan fingerprint density at radius 3 is 2.80 bits per heavy atom. The lowest BCUT2D eigenvalue weighted by Gasteiger charge is -2.08. The highest BCUT2D eigenvalue weighted by Crippen LogP contribution is 2.19. The number of tetrazole rings is 1. The minimum absolute atomic E-state index is 0.00333. The fourth-order valence-electron chi connectivity index (χ4n) is 1.19. The number of nitrogens with two attached hydrogens (primary N) is 1. The van der Waals surface area contributed by atoms with Gasteiger partial charge in [0.25, 0.3) is 0 Å². The molecule has 5 nitrogen and oxygen atoms in total. The van der Waals surface area contributed by atoms with Gasteiger partial charge in [-0.3, -0.25) is 0 Å². The zero-order valence-electron chi connectivity index (χ0n) is 7.48. The monoisotopic (exact) mass is 211 g/mol. The van der Waals surface area contributed by atoms with Gasteiger partial charge in [0.15, 0.2) is 5.82 Å². The number of hydrogen-bond donors (Lipinski definition) is 2. The third-order valence-corrected chi connectivity index (χ3v) is 1.93. The Labute approximate surface area is 83.3 Å². The van der Waals surface area contributed by atoms with Crippen molar-refractivity contribution in [3.8, 4) is 0 Å². The van der Waals surface area contributed by atoms with Gasteiger partial charge in [-0.15, -0.1) is 10.2 Å². The van der Waals surface area contributed by atoms with E-state index in [1.54, 1.807) is 0 Å². The molecule has 0 aliphatic carbocycles. The Morgan fingerprint density at radius 1 is 1.33 bits per heavy atom. The molecule has 78 valence electrons. The molecule has 0 amide bonds. The molecule has 0 aliphatic heterocycles. The minimum atomic E-state index is -0.931. The molecule has 0 saturated heterocycles. The van der Waals surface area contributed by atoms with E-state index < -0.39 is 17.7 Å². The van der Waals surface area contributed by atoms with E-state index in [9.17, 15) is 8.78 Å². The maximum Gasteiger partial charge on any atom is 0.195 e. The van der Waals surface area contributed by atoms with E-state index in [4.69, 9.17) is 5.73 Å². The van der Waals surface area contributed by atoms with Gasteiger partial charge >= 0.3 is 0 Å². The summed E-state index contributed by atoms with van der Waals surface area (Å²) in [6.07, 6.45) is 0. The molecular weight excluding hydrogens is 204 g/mol. The summed E-state index contributed by atoms with van der Waals surface area (Å²) in [5.41, 5.74) is 5.64. The van der Waals surface area contributed by atoms with Crippen molar-refractivity contribution in [1.29, 1.82) is 0 Å². The molecule has 3 N–H and O–H groups in total. The second-order valence-electron chi connectivity index (χ2n) is 2.91. The Bertz CT molecular complexity index is 456. The normalized spacial score (nSPS) is 12.7. The van der Waals surface area contributed by atoms with Crippen molar-refractivity contribution in [1.82, 2.24) is 20.6 Å². The number of benzene rings is 1. The average molecular weight is 211 g/mol. The first-order valence-electron chi connectivity index (χ1n) is 4.12. The van der Waals surface area contributed by atoms with Crippen LogP contribution in [-0.4, -0.2) is 20.6 Å². The molecule has 0 bridgehead atoms. The molecule has 7 heteroatoms. The smallest absolute Gasteiger partial charge is 0.195 e. The van der Waals surface area contributed by atoms with E-state index >= 15 is 0 Å². The number of aromatic amines is 1. The van der Waals surface area contributed by atoms with E-state index in [2.05, 4.69) is 20.6 Å². The molecule has 1 aromatic heterocycles. The molecule has 0 saturated carbocycles. The van der Waals surface area contributed by atoms with Gasteiger partial charge in [-0.25, -0.2) is 8.78 Å². The van der Waals surface area contributed by atoms with Gasteiger partial charge in [0.05, 0.1) is 6.04 Å². The number of H-pyrrole nitrogens is 1. The summed E-state index contributed by atoms with van der Waals surface area (Å²) in [7, 11) is 0.